The summed E-state index contributed by atoms with van der Waals surface area (Å²) in [6.45, 7) is 1.36. The van der Waals surface area contributed by atoms with E-state index in [2.05, 4.69) is 5.10 Å². The number of carbonyl (C=O) groups excluding carboxylic acids is 1. The van der Waals surface area contributed by atoms with Crippen molar-refractivity contribution in [1.29, 1.82) is 0 Å². The van der Waals surface area contributed by atoms with Crippen LogP contribution >= 0.6 is 0 Å². The maximum absolute atomic E-state index is 14.1. The van der Waals surface area contributed by atoms with Gasteiger partial charge in [-0.1, -0.05) is 6.07 Å². The number of benzene rings is 2. The Balaban J connectivity index is 2.06. The standard InChI is InChI=1S/C19H13F5N2O3/c1-8-10(6-9-4-5-11(28-2)12(7-9)29-3)19(27)26(25-8)18-16(23)14(21)13(20)15(22)17(18)24/h4-7H,1-3H3/b10-6-. The first-order valence-electron chi connectivity index (χ1n) is 8.06. The van der Waals surface area contributed by atoms with E-state index in [0.29, 0.717) is 17.1 Å². The third-order valence-corrected chi connectivity index (χ3v) is 4.18. The number of hydrogen-bond donors (Lipinski definition) is 0. The number of anilines is 1. The quantitative estimate of drug-likeness (QED) is 0.327. The fourth-order valence-corrected chi connectivity index (χ4v) is 2.72. The molecule has 29 heavy (non-hydrogen) atoms. The molecular weight excluding hydrogens is 399 g/mol. The Kier molecular flexibility index (Phi) is 5.27. The SMILES string of the molecule is COc1ccc(/C=C2\C(=O)N(c3c(F)c(F)c(F)c(F)c3F)N=C2C)cc1OC. The van der Waals surface area contributed by atoms with E-state index >= 15 is 0 Å². The molecule has 10 heteroatoms. The average molecular weight is 412 g/mol. The Hall–Kier alpha value is -3.43. The number of ether oxygens (including phenoxy) is 2. The molecule has 0 fully saturated rings. The minimum atomic E-state index is -2.32. The topological polar surface area (TPSA) is 51.1 Å². The number of methoxy groups -OCH3 is 2. The van der Waals surface area contributed by atoms with Crippen LogP contribution in [0.4, 0.5) is 27.6 Å². The van der Waals surface area contributed by atoms with Crippen LogP contribution in [0, 0.1) is 29.1 Å². The largest absolute Gasteiger partial charge is 0.493 e. The van der Waals surface area contributed by atoms with Gasteiger partial charge in [0.05, 0.1) is 25.5 Å². The van der Waals surface area contributed by atoms with E-state index in [-0.39, 0.29) is 16.3 Å². The summed E-state index contributed by atoms with van der Waals surface area (Å²) in [5, 5.41) is 3.82. The van der Waals surface area contributed by atoms with Gasteiger partial charge in [-0.15, -0.1) is 0 Å². The smallest absolute Gasteiger partial charge is 0.280 e. The van der Waals surface area contributed by atoms with Gasteiger partial charge in [-0.3, -0.25) is 4.79 Å². The number of halogens is 5. The Bertz CT molecular complexity index is 1050. The second kappa shape index (κ2) is 7.53. The third kappa shape index (κ3) is 3.30. The van der Waals surface area contributed by atoms with Crippen LogP contribution in [0.3, 0.4) is 0 Å². The Morgan fingerprint density at radius 1 is 0.897 bits per heavy atom. The second-order valence-electron chi connectivity index (χ2n) is 5.89. The molecule has 0 saturated heterocycles. The van der Waals surface area contributed by atoms with Crippen molar-refractivity contribution < 1.29 is 36.2 Å². The lowest BCUT2D eigenvalue weighted by molar-refractivity contribution is -0.114. The first kappa shape index (κ1) is 20.3. The molecule has 1 aliphatic heterocycles. The lowest BCUT2D eigenvalue weighted by Gasteiger charge is -2.15. The zero-order valence-corrected chi connectivity index (χ0v) is 15.3. The highest BCUT2D eigenvalue weighted by Crippen LogP contribution is 2.34. The van der Waals surface area contributed by atoms with Crippen molar-refractivity contribution in [2.45, 2.75) is 6.92 Å². The molecule has 3 rings (SSSR count). The molecular formula is C19H13F5N2O3. The molecule has 0 N–H and O–H groups in total. The number of nitrogens with zero attached hydrogens (tertiary/aromatic N) is 2. The minimum Gasteiger partial charge on any atom is -0.493 e. The molecule has 5 nitrogen and oxygen atoms in total. The van der Waals surface area contributed by atoms with Crippen LogP contribution in [0.1, 0.15) is 12.5 Å². The van der Waals surface area contributed by atoms with Crippen LogP contribution < -0.4 is 14.5 Å². The third-order valence-electron chi connectivity index (χ3n) is 4.18. The normalized spacial score (nSPS) is 15.2. The predicted molar refractivity (Wildman–Crippen MR) is 94.3 cm³/mol. The number of amides is 1. The van der Waals surface area contributed by atoms with Crippen LogP contribution in [-0.4, -0.2) is 25.8 Å². The molecule has 2 aromatic rings. The predicted octanol–water partition coefficient (Wildman–Crippen LogP) is 4.21. The first-order valence-corrected chi connectivity index (χ1v) is 8.06. The van der Waals surface area contributed by atoms with Gasteiger partial charge >= 0.3 is 0 Å². The first-order chi connectivity index (χ1) is 13.7. The van der Waals surface area contributed by atoms with E-state index in [1.54, 1.807) is 12.1 Å². The van der Waals surface area contributed by atoms with Crippen LogP contribution in [0.25, 0.3) is 6.08 Å². The molecule has 0 aliphatic carbocycles. The molecule has 0 bridgehead atoms. The van der Waals surface area contributed by atoms with Gasteiger partial charge in [-0.2, -0.15) is 10.1 Å². The van der Waals surface area contributed by atoms with Gasteiger partial charge in [0.15, 0.2) is 34.8 Å². The zero-order chi connectivity index (χ0) is 21.5. The zero-order valence-electron chi connectivity index (χ0n) is 15.3. The summed E-state index contributed by atoms with van der Waals surface area (Å²) in [5.74, 6) is -11.2. The maximum atomic E-state index is 14.1. The Morgan fingerprint density at radius 2 is 1.45 bits per heavy atom. The number of rotatable bonds is 4. The van der Waals surface area contributed by atoms with Crippen LogP contribution in [0.15, 0.2) is 28.9 Å². The van der Waals surface area contributed by atoms with Crippen molar-refractivity contribution in [2.24, 2.45) is 5.10 Å². The Labute approximate surface area is 161 Å². The van der Waals surface area contributed by atoms with E-state index in [1.165, 1.54) is 33.3 Å². The summed E-state index contributed by atoms with van der Waals surface area (Å²) in [6, 6.07) is 4.68. The summed E-state index contributed by atoms with van der Waals surface area (Å²) < 4.78 is 78.6. The molecule has 0 aromatic heterocycles. The summed E-state index contributed by atoms with van der Waals surface area (Å²) in [7, 11) is 2.85. The van der Waals surface area contributed by atoms with Gasteiger partial charge in [0.25, 0.3) is 5.91 Å². The second-order valence-corrected chi connectivity index (χ2v) is 5.89. The monoisotopic (exact) mass is 412 g/mol. The molecule has 1 heterocycles. The van der Waals surface area contributed by atoms with Crippen molar-refractivity contribution >= 4 is 23.4 Å². The van der Waals surface area contributed by atoms with E-state index < -0.39 is 40.7 Å². The molecule has 0 spiro atoms. The van der Waals surface area contributed by atoms with Crippen molar-refractivity contribution in [2.75, 3.05) is 19.2 Å². The fourth-order valence-electron chi connectivity index (χ4n) is 2.72. The lowest BCUT2D eigenvalue weighted by Crippen LogP contribution is -2.25. The highest BCUT2D eigenvalue weighted by atomic mass is 19.2. The van der Waals surface area contributed by atoms with Gasteiger partial charge in [0.1, 0.15) is 5.69 Å². The highest BCUT2D eigenvalue weighted by molar-refractivity contribution is 6.32. The van der Waals surface area contributed by atoms with Gasteiger partial charge < -0.3 is 9.47 Å². The molecule has 0 atom stereocenters. The number of hydrazone groups is 1. The van der Waals surface area contributed by atoms with Crippen molar-refractivity contribution in [1.82, 2.24) is 0 Å². The Morgan fingerprint density at radius 3 is 2.00 bits per heavy atom. The van der Waals surface area contributed by atoms with Crippen LogP contribution in [0.2, 0.25) is 0 Å². The molecule has 0 radical (unpaired) electrons. The maximum Gasteiger partial charge on any atom is 0.280 e. The lowest BCUT2D eigenvalue weighted by atomic mass is 10.1. The van der Waals surface area contributed by atoms with Crippen LogP contribution in [-0.2, 0) is 4.79 Å². The fraction of sp³-hybridized carbons (Fsp3) is 0.158. The van der Waals surface area contributed by atoms with Crippen molar-refractivity contribution in [3.05, 3.63) is 58.4 Å². The van der Waals surface area contributed by atoms with Crippen LogP contribution in [0.5, 0.6) is 11.5 Å². The number of carbonyl (C=O) groups is 1. The van der Waals surface area contributed by atoms with Gasteiger partial charge in [-0.25, -0.2) is 22.0 Å². The van der Waals surface area contributed by atoms with Crippen molar-refractivity contribution in [3.63, 3.8) is 0 Å². The molecule has 1 aliphatic rings. The van der Waals surface area contributed by atoms with Gasteiger partial charge in [0, 0.05) is 0 Å². The minimum absolute atomic E-state index is 0.0220. The van der Waals surface area contributed by atoms with E-state index in [4.69, 9.17) is 9.47 Å². The summed E-state index contributed by atoms with van der Waals surface area (Å²) in [6.07, 6.45) is 1.34. The van der Waals surface area contributed by atoms with E-state index in [0.717, 1.165) is 0 Å². The van der Waals surface area contributed by atoms with E-state index in [9.17, 15) is 26.7 Å². The summed E-state index contributed by atoms with van der Waals surface area (Å²) in [4.78, 5) is 12.6. The molecule has 152 valence electrons. The molecule has 0 unspecified atom stereocenters. The van der Waals surface area contributed by atoms with Crippen molar-refractivity contribution in [3.8, 4) is 11.5 Å². The summed E-state index contributed by atoms with van der Waals surface area (Å²) >= 11 is 0. The molecule has 1 amide bonds. The van der Waals surface area contributed by atoms with Gasteiger partial charge in [-0.05, 0) is 30.7 Å². The highest BCUT2D eigenvalue weighted by Gasteiger charge is 2.37. The number of hydrogen-bond acceptors (Lipinski definition) is 4. The summed E-state index contributed by atoms with van der Waals surface area (Å²) in [5.41, 5.74) is -1.06. The average Bonchev–Trinajstić information content (AvgIpc) is 2.98. The molecule has 0 saturated carbocycles. The van der Waals surface area contributed by atoms with E-state index in [1.807, 2.05) is 0 Å². The molecule has 2 aromatic carbocycles. The van der Waals surface area contributed by atoms with Gasteiger partial charge in [0.2, 0.25) is 5.82 Å².